The van der Waals surface area contributed by atoms with E-state index in [4.69, 9.17) is 9.47 Å². The maximum absolute atomic E-state index is 13.5. The molecule has 3 heterocycles. The molecule has 1 aromatic carbocycles. The summed E-state index contributed by atoms with van der Waals surface area (Å²) in [5.41, 5.74) is 0.840. The molecule has 2 saturated heterocycles. The normalized spacial score (nSPS) is 27.5. The van der Waals surface area contributed by atoms with Gasteiger partial charge < -0.3 is 9.47 Å². The lowest BCUT2D eigenvalue weighted by Gasteiger charge is -2.39. The molecule has 2 aliphatic rings. The van der Waals surface area contributed by atoms with Gasteiger partial charge in [0.05, 0.1) is 30.8 Å². The molecule has 0 aliphatic carbocycles. The zero-order valence-electron chi connectivity index (χ0n) is 15.3. The van der Waals surface area contributed by atoms with Crippen LogP contribution in [0.5, 0.6) is 0 Å². The topological polar surface area (TPSA) is 86.6 Å². The smallest absolute Gasteiger partial charge is 0.218 e. The molecule has 8 nitrogen and oxygen atoms in total. The highest BCUT2D eigenvalue weighted by molar-refractivity contribution is 7.89. The standard InChI is InChI=1S/C18H24N4O4S/c1-14-11-25-9-7-17(14)27(23,24)21-8-10-26-12-16(21)18-19-13-20-22(18)15-5-3-2-4-6-15/h2-6,13-14,16-17H,7-12H2,1H3. The van der Waals surface area contributed by atoms with E-state index in [2.05, 4.69) is 10.1 Å². The summed E-state index contributed by atoms with van der Waals surface area (Å²) in [6.07, 6.45) is 1.97. The summed E-state index contributed by atoms with van der Waals surface area (Å²) in [5.74, 6) is 0.531. The Morgan fingerprint density at radius 1 is 1.11 bits per heavy atom. The van der Waals surface area contributed by atoms with Crippen LogP contribution in [0.2, 0.25) is 0 Å². The molecule has 3 atom stereocenters. The van der Waals surface area contributed by atoms with E-state index in [-0.39, 0.29) is 12.5 Å². The molecular formula is C18H24N4O4S. The molecule has 27 heavy (non-hydrogen) atoms. The van der Waals surface area contributed by atoms with Crippen LogP contribution in [0.1, 0.15) is 25.2 Å². The lowest BCUT2D eigenvalue weighted by atomic mass is 10.0. The van der Waals surface area contributed by atoms with E-state index in [9.17, 15) is 8.42 Å². The number of nitrogens with zero attached hydrogens (tertiary/aromatic N) is 4. The molecule has 0 bridgehead atoms. The molecule has 3 unspecified atom stereocenters. The van der Waals surface area contributed by atoms with Crippen LogP contribution in [0.4, 0.5) is 0 Å². The van der Waals surface area contributed by atoms with Crippen LogP contribution in [0.3, 0.4) is 0 Å². The third-order valence-corrected chi connectivity index (χ3v) is 7.78. The van der Waals surface area contributed by atoms with Gasteiger partial charge in [-0.05, 0) is 24.5 Å². The van der Waals surface area contributed by atoms with E-state index in [1.165, 1.54) is 6.33 Å². The molecule has 0 radical (unpaired) electrons. The number of aromatic nitrogens is 3. The van der Waals surface area contributed by atoms with Crippen molar-refractivity contribution < 1.29 is 17.9 Å². The Bertz CT molecular complexity index is 870. The SMILES string of the molecule is CC1COCCC1S(=O)(=O)N1CCOCC1c1ncnn1-c1ccccc1. The number of para-hydroxylation sites is 1. The predicted molar refractivity (Wildman–Crippen MR) is 98.9 cm³/mol. The number of ether oxygens (including phenoxy) is 2. The summed E-state index contributed by atoms with van der Waals surface area (Å²) in [6, 6.07) is 9.09. The second-order valence-corrected chi connectivity index (χ2v) is 9.10. The van der Waals surface area contributed by atoms with Crippen molar-refractivity contribution in [3.63, 3.8) is 0 Å². The highest BCUT2D eigenvalue weighted by Crippen LogP contribution is 2.32. The Morgan fingerprint density at radius 3 is 2.67 bits per heavy atom. The van der Waals surface area contributed by atoms with Gasteiger partial charge in [-0.1, -0.05) is 25.1 Å². The van der Waals surface area contributed by atoms with Crippen LogP contribution in [0.25, 0.3) is 5.69 Å². The van der Waals surface area contributed by atoms with Crippen molar-refractivity contribution in [1.82, 2.24) is 19.1 Å². The van der Waals surface area contributed by atoms with Gasteiger partial charge >= 0.3 is 0 Å². The van der Waals surface area contributed by atoms with Crippen molar-refractivity contribution in [2.75, 3.05) is 33.0 Å². The Labute approximate surface area is 159 Å². The number of sulfonamides is 1. The van der Waals surface area contributed by atoms with Crippen LogP contribution >= 0.6 is 0 Å². The Balaban J connectivity index is 1.69. The lowest BCUT2D eigenvalue weighted by molar-refractivity contribution is 0.0241. The van der Waals surface area contributed by atoms with Crippen molar-refractivity contribution in [2.45, 2.75) is 24.6 Å². The molecule has 0 spiro atoms. The number of benzene rings is 1. The van der Waals surface area contributed by atoms with Gasteiger partial charge in [0, 0.05) is 13.2 Å². The van der Waals surface area contributed by atoms with Gasteiger partial charge in [-0.15, -0.1) is 0 Å². The summed E-state index contributed by atoms with van der Waals surface area (Å²) in [6.45, 7) is 3.85. The van der Waals surface area contributed by atoms with Crippen molar-refractivity contribution >= 4 is 10.0 Å². The maximum atomic E-state index is 13.5. The molecule has 1 aromatic heterocycles. The summed E-state index contributed by atoms with van der Waals surface area (Å²) in [5, 5.41) is 3.87. The highest BCUT2D eigenvalue weighted by atomic mass is 32.2. The minimum atomic E-state index is -3.52. The average Bonchev–Trinajstić information content (AvgIpc) is 3.18. The summed E-state index contributed by atoms with van der Waals surface area (Å²) in [4.78, 5) is 4.39. The van der Waals surface area contributed by atoms with Crippen molar-refractivity contribution in [2.24, 2.45) is 5.92 Å². The van der Waals surface area contributed by atoms with Crippen molar-refractivity contribution in [3.05, 3.63) is 42.5 Å². The number of hydrogen-bond donors (Lipinski definition) is 0. The molecule has 0 amide bonds. The fourth-order valence-corrected chi connectivity index (χ4v) is 6.07. The first-order valence-corrected chi connectivity index (χ1v) is 10.7. The molecular weight excluding hydrogens is 368 g/mol. The molecule has 2 aromatic rings. The fourth-order valence-electron chi connectivity index (χ4n) is 3.82. The first kappa shape index (κ1) is 18.5. The van der Waals surface area contributed by atoms with Crippen molar-refractivity contribution in [3.8, 4) is 5.69 Å². The van der Waals surface area contributed by atoms with E-state index >= 15 is 0 Å². The molecule has 2 fully saturated rings. The number of rotatable bonds is 4. The lowest BCUT2D eigenvalue weighted by Crippen LogP contribution is -2.51. The van der Waals surface area contributed by atoms with E-state index in [0.717, 1.165) is 5.69 Å². The van der Waals surface area contributed by atoms with Crippen LogP contribution in [0.15, 0.2) is 36.7 Å². The van der Waals surface area contributed by atoms with Crippen molar-refractivity contribution in [1.29, 1.82) is 0 Å². The van der Waals surface area contributed by atoms with Crippen LogP contribution in [-0.4, -0.2) is 65.7 Å². The molecule has 146 valence electrons. The Kier molecular flexibility index (Phi) is 5.27. The first-order chi connectivity index (χ1) is 13.1. The van der Waals surface area contributed by atoms with Gasteiger partial charge in [0.15, 0.2) is 5.82 Å². The third-order valence-electron chi connectivity index (χ3n) is 5.22. The Morgan fingerprint density at radius 2 is 1.89 bits per heavy atom. The molecule has 0 saturated carbocycles. The van der Waals surface area contributed by atoms with Gasteiger partial charge in [-0.25, -0.2) is 18.1 Å². The first-order valence-electron chi connectivity index (χ1n) is 9.20. The van der Waals surface area contributed by atoms with Gasteiger partial charge in [0.2, 0.25) is 10.0 Å². The molecule has 4 rings (SSSR count). The maximum Gasteiger partial charge on any atom is 0.218 e. The van der Waals surface area contributed by atoms with Gasteiger partial charge in [0.25, 0.3) is 0 Å². The largest absolute Gasteiger partial charge is 0.381 e. The van der Waals surface area contributed by atoms with Crippen LogP contribution in [-0.2, 0) is 19.5 Å². The minimum absolute atomic E-state index is 0.0424. The zero-order chi connectivity index (χ0) is 18.9. The second kappa shape index (κ2) is 7.67. The monoisotopic (exact) mass is 392 g/mol. The summed E-state index contributed by atoms with van der Waals surface area (Å²) < 4.78 is 41.2. The van der Waals surface area contributed by atoms with Crippen LogP contribution in [0, 0.1) is 5.92 Å². The number of hydrogen-bond acceptors (Lipinski definition) is 6. The average molecular weight is 392 g/mol. The minimum Gasteiger partial charge on any atom is -0.381 e. The second-order valence-electron chi connectivity index (χ2n) is 6.99. The van der Waals surface area contributed by atoms with Crippen LogP contribution < -0.4 is 0 Å². The van der Waals surface area contributed by atoms with E-state index < -0.39 is 21.3 Å². The molecule has 0 N–H and O–H groups in total. The number of morpholine rings is 1. The van der Waals surface area contributed by atoms with E-state index in [1.54, 1.807) is 8.99 Å². The quantitative estimate of drug-likeness (QED) is 0.782. The predicted octanol–water partition coefficient (Wildman–Crippen LogP) is 1.40. The Hall–Kier alpha value is -1.81. The highest BCUT2D eigenvalue weighted by Gasteiger charge is 2.43. The molecule has 9 heteroatoms. The van der Waals surface area contributed by atoms with Gasteiger partial charge in [0.1, 0.15) is 12.4 Å². The van der Waals surface area contributed by atoms with E-state index in [0.29, 0.717) is 38.6 Å². The zero-order valence-corrected chi connectivity index (χ0v) is 16.1. The van der Waals surface area contributed by atoms with Gasteiger partial charge in [-0.2, -0.15) is 9.40 Å². The van der Waals surface area contributed by atoms with E-state index in [1.807, 2.05) is 37.3 Å². The van der Waals surface area contributed by atoms with Gasteiger partial charge in [-0.3, -0.25) is 0 Å². The molecule has 2 aliphatic heterocycles. The summed E-state index contributed by atoms with van der Waals surface area (Å²) in [7, 11) is -3.52. The summed E-state index contributed by atoms with van der Waals surface area (Å²) >= 11 is 0. The third kappa shape index (κ3) is 3.52. The fraction of sp³-hybridized carbons (Fsp3) is 0.556.